The molecule has 0 atom stereocenters. The number of aryl methyl sites for hydroxylation is 2. The summed E-state index contributed by atoms with van der Waals surface area (Å²) in [5, 5.41) is 7.48. The summed E-state index contributed by atoms with van der Waals surface area (Å²) >= 11 is 0. The third-order valence-electron chi connectivity index (χ3n) is 4.74. The molecular weight excluding hydrogens is 240 g/mol. The predicted molar refractivity (Wildman–Crippen MR) is 88.4 cm³/mol. The molecule has 0 heterocycles. The molecule has 0 aromatic heterocycles. The van der Waals surface area contributed by atoms with Crippen molar-refractivity contribution in [1.82, 2.24) is 0 Å². The summed E-state index contributed by atoms with van der Waals surface area (Å²) in [6.07, 6.45) is 5.01. The van der Waals surface area contributed by atoms with Crippen molar-refractivity contribution in [2.24, 2.45) is 0 Å². The number of rotatable bonds is 0. The van der Waals surface area contributed by atoms with E-state index in [9.17, 15) is 0 Å². The van der Waals surface area contributed by atoms with Crippen LogP contribution in [-0.4, -0.2) is 0 Å². The Labute approximate surface area is 119 Å². The molecule has 0 aliphatic heterocycles. The molecule has 0 unspecified atom stereocenters. The summed E-state index contributed by atoms with van der Waals surface area (Å²) in [5.74, 6) is 0. The third-order valence-corrected chi connectivity index (χ3v) is 4.74. The van der Waals surface area contributed by atoms with Gasteiger partial charge in [-0.3, -0.25) is 0 Å². The summed E-state index contributed by atoms with van der Waals surface area (Å²) < 4.78 is 0. The van der Waals surface area contributed by atoms with Crippen LogP contribution in [0.2, 0.25) is 0 Å². The van der Waals surface area contributed by atoms with E-state index in [-0.39, 0.29) is 0 Å². The topological polar surface area (TPSA) is 0 Å². The molecule has 0 N–H and O–H groups in total. The summed E-state index contributed by atoms with van der Waals surface area (Å²) in [5.41, 5.74) is 3.04. The van der Waals surface area contributed by atoms with Crippen LogP contribution in [0.5, 0.6) is 0 Å². The number of hydrogen-bond donors (Lipinski definition) is 0. The van der Waals surface area contributed by atoms with Gasteiger partial charge in [0.2, 0.25) is 0 Å². The molecule has 1 aliphatic carbocycles. The largest absolute Gasteiger partial charge is 0.0905 e. The van der Waals surface area contributed by atoms with Crippen LogP contribution in [-0.2, 0) is 12.8 Å². The Morgan fingerprint density at radius 3 is 2.20 bits per heavy atom. The van der Waals surface area contributed by atoms with Gasteiger partial charge in [0, 0.05) is 0 Å². The van der Waals surface area contributed by atoms with Gasteiger partial charge in [-0.15, -0.1) is 0 Å². The molecule has 20 heavy (non-hydrogen) atoms. The fourth-order valence-corrected chi connectivity index (χ4v) is 3.71. The normalized spacial score (nSPS) is 14.6. The molecule has 0 saturated heterocycles. The Kier molecular flexibility index (Phi) is 2.47. The monoisotopic (exact) mass is 258 g/mol. The van der Waals surface area contributed by atoms with Gasteiger partial charge in [-0.1, -0.05) is 49.6 Å². The summed E-state index contributed by atoms with van der Waals surface area (Å²) in [6.45, 7) is 8.74. The maximum absolute atomic E-state index is 4.40. The molecule has 3 aromatic rings. The van der Waals surface area contributed by atoms with E-state index in [1.807, 2.05) is 0 Å². The van der Waals surface area contributed by atoms with Crippen molar-refractivity contribution < 1.29 is 0 Å². The predicted octanol–water partition coefficient (Wildman–Crippen LogP) is 3.69. The zero-order valence-electron chi connectivity index (χ0n) is 11.7. The SMILES string of the molecule is C=c1c2ccccc2c(=C)c2c3c(ccc12)CCCC3. The lowest BCUT2D eigenvalue weighted by Crippen LogP contribution is -2.16. The lowest BCUT2D eigenvalue weighted by atomic mass is 9.85. The van der Waals surface area contributed by atoms with Gasteiger partial charge >= 0.3 is 0 Å². The van der Waals surface area contributed by atoms with E-state index in [2.05, 4.69) is 49.6 Å². The second-order valence-corrected chi connectivity index (χ2v) is 5.84. The molecule has 0 nitrogen and oxygen atoms in total. The average Bonchev–Trinajstić information content (AvgIpc) is 2.51. The van der Waals surface area contributed by atoms with Crippen LogP contribution in [0.15, 0.2) is 36.4 Å². The van der Waals surface area contributed by atoms with E-state index in [0.717, 1.165) is 5.22 Å². The van der Waals surface area contributed by atoms with Crippen molar-refractivity contribution >= 4 is 34.7 Å². The van der Waals surface area contributed by atoms with Crippen LogP contribution in [0.3, 0.4) is 0 Å². The van der Waals surface area contributed by atoms with Crippen molar-refractivity contribution in [2.75, 3.05) is 0 Å². The smallest absolute Gasteiger partial charge is 0.00703 e. The Balaban J connectivity index is 2.31. The van der Waals surface area contributed by atoms with Crippen molar-refractivity contribution in [1.29, 1.82) is 0 Å². The van der Waals surface area contributed by atoms with Crippen LogP contribution >= 0.6 is 0 Å². The van der Waals surface area contributed by atoms with E-state index in [4.69, 9.17) is 0 Å². The fraction of sp³-hybridized carbons (Fsp3) is 0.200. The minimum absolute atomic E-state index is 1.15. The van der Waals surface area contributed by atoms with Gasteiger partial charge in [-0.05, 0) is 68.8 Å². The van der Waals surface area contributed by atoms with Gasteiger partial charge < -0.3 is 0 Å². The minimum Gasteiger partial charge on any atom is -0.0905 e. The fourth-order valence-electron chi connectivity index (χ4n) is 3.71. The summed E-state index contributed by atoms with van der Waals surface area (Å²) in [4.78, 5) is 0. The first kappa shape index (κ1) is 11.7. The van der Waals surface area contributed by atoms with E-state index in [1.54, 1.807) is 0 Å². The van der Waals surface area contributed by atoms with Crippen LogP contribution in [0.1, 0.15) is 24.0 Å². The lowest BCUT2D eigenvalue weighted by molar-refractivity contribution is 0.690. The number of benzene rings is 3. The Bertz CT molecular complexity index is 932. The summed E-state index contributed by atoms with van der Waals surface area (Å²) in [7, 11) is 0. The van der Waals surface area contributed by atoms with Crippen molar-refractivity contribution in [3.63, 3.8) is 0 Å². The molecule has 0 fully saturated rings. The Morgan fingerprint density at radius 2 is 1.40 bits per heavy atom. The molecule has 1 aliphatic rings. The van der Waals surface area contributed by atoms with Crippen molar-refractivity contribution in [3.05, 3.63) is 58.0 Å². The molecule has 0 heteroatoms. The van der Waals surface area contributed by atoms with E-state index in [0.29, 0.717) is 0 Å². The molecule has 0 spiro atoms. The zero-order chi connectivity index (χ0) is 13.7. The molecule has 0 saturated carbocycles. The van der Waals surface area contributed by atoms with E-state index >= 15 is 0 Å². The molecule has 0 bridgehead atoms. The quantitative estimate of drug-likeness (QED) is 0.539. The molecule has 4 rings (SSSR count). The van der Waals surface area contributed by atoms with E-state index < -0.39 is 0 Å². The van der Waals surface area contributed by atoms with Crippen molar-refractivity contribution in [3.8, 4) is 0 Å². The summed E-state index contributed by atoms with van der Waals surface area (Å²) in [6, 6.07) is 13.1. The second-order valence-electron chi connectivity index (χ2n) is 5.84. The highest BCUT2D eigenvalue weighted by Crippen LogP contribution is 2.27. The lowest BCUT2D eigenvalue weighted by Gasteiger charge is -2.19. The molecule has 98 valence electrons. The highest BCUT2D eigenvalue weighted by molar-refractivity contribution is 6.01. The number of fused-ring (bicyclic) bond motifs is 4. The Morgan fingerprint density at radius 1 is 0.700 bits per heavy atom. The first-order valence-electron chi connectivity index (χ1n) is 7.40. The highest BCUT2D eigenvalue weighted by atomic mass is 14.2. The van der Waals surface area contributed by atoms with Gasteiger partial charge in [0.05, 0.1) is 0 Å². The molecule has 3 aromatic carbocycles. The van der Waals surface area contributed by atoms with Crippen LogP contribution < -0.4 is 10.4 Å². The molecule has 0 radical (unpaired) electrons. The standard InChI is InChI=1S/C20H18/c1-13-16-8-5-6-9-17(16)14(2)20-18(13)12-11-15-7-3-4-10-19(15)20/h5-6,8-9,11-12H,1-4,7,10H2. The number of hydrogen-bond acceptors (Lipinski definition) is 0. The van der Waals surface area contributed by atoms with E-state index in [1.165, 1.54) is 63.6 Å². The maximum Gasteiger partial charge on any atom is -0.00703 e. The highest BCUT2D eigenvalue weighted by Gasteiger charge is 2.14. The second kappa shape index (κ2) is 4.21. The van der Waals surface area contributed by atoms with Gasteiger partial charge in [-0.25, -0.2) is 0 Å². The zero-order valence-corrected chi connectivity index (χ0v) is 11.7. The van der Waals surface area contributed by atoms with Gasteiger partial charge in [-0.2, -0.15) is 0 Å². The van der Waals surface area contributed by atoms with Crippen LogP contribution in [0.4, 0.5) is 0 Å². The molecular formula is C20H18. The molecule has 0 amide bonds. The van der Waals surface area contributed by atoms with Gasteiger partial charge in [0.25, 0.3) is 0 Å². The van der Waals surface area contributed by atoms with Crippen LogP contribution in [0, 0.1) is 0 Å². The maximum atomic E-state index is 4.40. The average molecular weight is 258 g/mol. The van der Waals surface area contributed by atoms with Crippen LogP contribution in [0.25, 0.3) is 34.7 Å². The third kappa shape index (κ3) is 1.48. The van der Waals surface area contributed by atoms with Gasteiger partial charge in [0.15, 0.2) is 0 Å². The van der Waals surface area contributed by atoms with Gasteiger partial charge in [0.1, 0.15) is 0 Å². The first-order chi connectivity index (χ1) is 9.77. The van der Waals surface area contributed by atoms with Crippen molar-refractivity contribution in [2.45, 2.75) is 25.7 Å². The first-order valence-corrected chi connectivity index (χ1v) is 7.40. The Hall–Kier alpha value is -2.08. The minimum atomic E-state index is 1.15.